The lowest BCUT2D eigenvalue weighted by Crippen LogP contribution is -2.41. The monoisotopic (exact) mass is 257 g/mol. The van der Waals surface area contributed by atoms with Crippen LogP contribution in [0.1, 0.15) is 23.3 Å². The zero-order valence-corrected chi connectivity index (χ0v) is 9.10. The molecule has 0 saturated heterocycles. The summed E-state index contributed by atoms with van der Waals surface area (Å²) in [5.74, 6) is -3.31. The summed E-state index contributed by atoms with van der Waals surface area (Å²) in [4.78, 5) is 47.7. The number of aromatic nitrogens is 2. The fourth-order valence-corrected chi connectivity index (χ4v) is 1.22. The third kappa shape index (κ3) is 3.77. The van der Waals surface area contributed by atoms with Crippen LogP contribution in [-0.4, -0.2) is 44.1 Å². The van der Waals surface area contributed by atoms with Gasteiger partial charge in [-0.05, 0) is 6.42 Å². The summed E-state index contributed by atoms with van der Waals surface area (Å²) < 4.78 is 0. The van der Waals surface area contributed by atoms with E-state index in [0.29, 0.717) is 0 Å². The van der Waals surface area contributed by atoms with Gasteiger partial charge in [-0.1, -0.05) is 0 Å². The molecule has 1 rings (SSSR count). The highest BCUT2D eigenvalue weighted by Crippen LogP contribution is 2.00. The maximum Gasteiger partial charge on any atom is 0.326 e. The van der Waals surface area contributed by atoms with Crippen molar-refractivity contribution >= 4 is 17.8 Å². The third-order valence-corrected chi connectivity index (χ3v) is 2.09. The predicted octanol–water partition coefficient (Wildman–Crippen LogP) is -1.25. The fourth-order valence-electron chi connectivity index (χ4n) is 1.22. The van der Waals surface area contributed by atoms with Crippen LogP contribution in [0.15, 0.2) is 11.0 Å². The van der Waals surface area contributed by atoms with Gasteiger partial charge in [0.25, 0.3) is 5.91 Å². The quantitative estimate of drug-likeness (QED) is 0.429. The Morgan fingerprint density at radius 3 is 2.44 bits per heavy atom. The molecule has 9 nitrogen and oxygen atoms in total. The van der Waals surface area contributed by atoms with E-state index in [0.717, 1.165) is 6.20 Å². The van der Waals surface area contributed by atoms with Crippen molar-refractivity contribution in [1.29, 1.82) is 0 Å². The number of aliphatic carboxylic acids is 2. The second-order valence-corrected chi connectivity index (χ2v) is 3.45. The SMILES string of the molecule is O=C(O)CCC(NC(=O)c1c[nH]c(=O)[nH]1)C(=O)O. The molecule has 0 aliphatic carbocycles. The molecule has 0 fully saturated rings. The molecule has 1 atom stereocenters. The van der Waals surface area contributed by atoms with Crippen LogP contribution >= 0.6 is 0 Å². The maximum absolute atomic E-state index is 11.5. The number of aromatic amines is 2. The molecule has 0 aromatic carbocycles. The molecule has 1 aromatic rings. The van der Waals surface area contributed by atoms with Crippen LogP contribution in [0.25, 0.3) is 0 Å². The van der Waals surface area contributed by atoms with Gasteiger partial charge in [-0.3, -0.25) is 9.59 Å². The molecule has 98 valence electrons. The first-order chi connectivity index (χ1) is 8.40. The van der Waals surface area contributed by atoms with Crippen LogP contribution in [0.4, 0.5) is 0 Å². The van der Waals surface area contributed by atoms with Crippen molar-refractivity contribution < 1.29 is 24.6 Å². The first kappa shape index (κ1) is 13.5. The molecule has 0 spiro atoms. The van der Waals surface area contributed by atoms with Crippen LogP contribution < -0.4 is 11.0 Å². The predicted molar refractivity (Wildman–Crippen MR) is 57.2 cm³/mol. The number of amides is 1. The lowest BCUT2D eigenvalue weighted by Gasteiger charge is -2.12. The summed E-state index contributed by atoms with van der Waals surface area (Å²) >= 11 is 0. The Labute approximate surface area is 99.8 Å². The number of carbonyl (C=O) groups is 3. The van der Waals surface area contributed by atoms with Crippen LogP contribution in [-0.2, 0) is 9.59 Å². The highest BCUT2D eigenvalue weighted by atomic mass is 16.4. The molecule has 1 unspecified atom stereocenters. The van der Waals surface area contributed by atoms with Gasteiger partial charge >= 0.3 is 17.6 Å². The Hall–Kier alpha value is -2.58. The van der Waals surface area contributed by atoms with Crippen molar-refractivity contribution in [3.8, 4) is 0 Å². The summed E-state index contributed by atoms with van der Waals surface area (Å²) in [6.07, 6.45) is 0.458. The minimum atomic E-state index is -1.34. The standard InChI is InChI=1S/C9H11N3O6/c13-6(14)2-1-4(8(16)17)11-7(15)5-3-10-9(18)12-5/h3-4H,1-2H2,(H,11,15)(H,13,14)(H,16,17)(H2,10,12,18). The molecule has 0 radical (unpaired) electrons. The highest BCUT2D eigenvalue weighted by Gasteiger charge is 2.22. The summed E-state index contributed by atoms with van der Waals surface area (Å²) in [6.45, 7) is 0. The van der Waals surface area contributed by atoms with E-state index in [2.05, 4.69) is 15.3 Å². The number of imidazole rings is 1. The normalized spacial score (nSPS) is 11.8. The van der Waals surface area contributed by atoms with E-state index < -0.39 is 29.6 Å². The average Bonchev–Trinajstić information content (AvgIpc) is 2.70. The minimum absolute atomic E-state index is 0.124. The molecule has 18 heavy (non-hydrogen) atoms. The Kier molecular flexibility index (Phi) is 4.24. The number of H-pyrrole nitrogens is 2. The van der Waals surface area contributed by atoms with Crippen molar-refractivity contribution in [1.82, 2.24) is 15.3 Å². The summed E-state index contributed by atoms with van der Waals surface area (Å²) in [5, 5.41) is 19.3. The van der Waals surface area contributed by atoms with Crippen molar-refractivity contribution in [2.24, 2.45) is 0 Å². The van der Waals surface area contributed by atoms with Crippen molar-refractivity contribution in [3.05, 3.63) is 22.4 Å². The van der Waals surface area contributed by atoms with E-state index in [-0.39, 0.29) is 18.5 Å². The van der Waals surface area contributed by atoms with Crippen molar-refractivity contribution in [2.45, 2.75) is 18.9 Å². The minimum Gasteiger partial charge on any atom is -0.481 e. The summed E-state index contributed by atoms with van der Waals surface area (Å²) in [5.41, 5.74) is -0.723. The van der Waals surface area contributed by atoms with E-state index >= 15 is 0 Å². The van der Waals surface area contributed by atoms with Crippen LogP contribution in [0.5, 0.6) is 0 Å². The smallest absolute Gasteiger partial charge is 0.326 e. The summed E-state index contributed by atoms with van der Waals surface area (Å²) in [7, 11) is 0. The molecule has 1 aromatic heterocycles. The van der Waals surface area contributed by atoms with Crippen LogP contribution in [0.2, 0.25) is 0 Å². The third-order valence-electron chi connectivity index (χ3n) is 2.09. The van der Waals surface area contributed by atoms with Crippen molar-refractivity contribution in [3.63, 3.8) is 0 Å². The molecule has 1 heterocycles. The maximum atomic E-state index is 11.5. The van der Waals surface area contributed by atoms with Gasteiger partial charge in [0.2, 0.25) is 0 Å². The molecule has 0 aliphatic heterocycles. The molecule has 9 heteroatoms. The van der Waals surface area contributed by atoms with E-state index in [1.54, 1.807) is 0 Å². The Morgan fingerprint density at radius 1 is 1.33 bits per heavy atom. The van der Waals surface area contributed by atoms with E-state index in [1.807, 2.05) is 0 Å². The Bertz CT molecular complexity index is 516. The number of hydrogen-bond donors (Lipinski definition) is 5. The second-order valence-electron chi connectivity index (χ2n) is 3.45. The second kappa shape index (κ2) is 5.66. The number of carboxylic acid groups (broad SMARTS) is 2. The average molecular weight is 257 g/mol. The van der Waals surface area contributed by atoms with Gasteiger partial charge in [0.05, 0.1) is 0 Å². The first-order valence-corrected chi connectivity index (χ1v) is 4.93. The van der Waals surface area contributed by atoms with E-state index in [1.165, 1.54) is 0 Å². The molecule has 0 saturated carbocycles. The Morgan fingerprint density at radius 2 is 2.00 bits per heavy atom. The zero-order valence-electron chi connectivity index (χ0n) is 9.10. The molecule has 1 amide bonds. The molecule has 5 N–H and O–H groups in total. The molecule has 0 bridgehead atoms. The van der Waals surface area contributed by atoms with E-state index in [4.69, 9.17) is 10.2 Å². The van der Waals surface area contributed by atoms with Gasteiger partial charge < -0.3 is 25.5 Å². The number of carbonyl (C=O) groups excluding carboxylic acids is 1. The van der Waals surface area contributed by atoms with Gasteiger partial charge in [0.1, 0.15) is 11.7 Å². The van der Waals surface area contributed by atoms with Crippen molar-refractivity contribution in [2.75, 3.05) is 0 Å². The Balaban J connectivity index is 2.66. The van der Waals surface area contributed by atoms with Gasteiger partial charge in [0.15, 0.2) is 0 Å². The van der Waals surface area contributed by atoms with Gasteiger partial charge in [-0.15, -0.1) is 0 Å². The molecular formula is C9H11N3O6. The van der Waals surface area contributed by atoms with Gasteiger partial charge in [0, 0.05) is 12.6 Å². The zero-order chi connectivity index (χ0) is 13.7. The molecule has 0 aliphatic rings. The number of hydrogen-bond acceptors (Lipinski definition) is 4. The molecular weight excluding hydrogens is 246 g/mol. The van der Waals surface area contributed by atoms with Gasteiger partial charge in [-0.25, -0.2) is 9.59 Å². The number of carboxylic acids is 2. The van der Waals surface area contributed by atoms with E-state index in [9.17, 15) is 19.2 Å². The van der Waals surface area contributed by atoms with Crippen LogP contribution in [0, 0.1) is 0 Å². The largest absolute Gasteiger partial charge is 0.481 e. The first-order valence-electron chi connectivity index (χ1n) is 4.93. The lowest BCUT2D eigenvalue weighted by atomic mass is 10.1. The fraction of sp³-hybridized carbons (Fsp3) is 0.333. The summed E-state index contributed by atoms with van der Waals surface area (Å²) in [6, 6.07) is -1.33. The number of rotatable bonds is 6. The van der Waals surface area contributed by atoms with Crippen LogP contribution in [0.3, 0.4) is 0 Å². The highest BCUT2D eigenvalue weighted by molar-refractivity contribution is 5.94. The van der Waals surface area contributed by atoms with Gasteiger partial charge in [-0.2, -0.15) is 0 Å². The lowest BCUT2D eigenvalue weighted by molar-refractivity contribution is -0.140. The number of nitrogens with one attached hydrogen (secondary N) is 3. The topological polar surface area (TPSA) is 152 Å².